The van der Waals surface area contributed by atoms with Crippen LogP contribution >= 0.6 is 0 Å². The van der Waals surface area contributed by atoms with Gasteiger partial charge in [0.15, 0.2) is 22.7 Å². The first kappa shape index (κ1) is 43.6. The second-order valence-electron chi connectivity index (χ2n) is 18.2. The number of nitrogens with zero attached hydrogens (tertiary/aromatic N) is 1. The monoisotopic (exact) mass is 759 g/mol. The maximum absolute atomic E-state index is 14.4. The standard InChI is InChI=1S/C40H65NO9Si2/c1-25-17-20-30(49-51(13,14)38(6,7)8)21-19-26(2)23-33-40(12)34(48-37(45)41(33)35(43)28(4)46-29(5)42)27(3)32(47-36(40)44)24-31(22-18-25)50-52(15,16)39(9,10)11/h17-19,21-23,27-28,30-34H,20,24H2,1-16H3/b21-19+,22-18+,25-17+,26-23+/t27-,28+,30-,31+,32-,33-,34+,40+/m1/s1. The second-order valence-corrected chi connectivity index (χ2v) is 27.7. The molecule has 0 spiro atoms. The molecule has 8 atom stereocenters. The van der Waals surface area contributed by atoms with Crippen molar-refractivity contribution in [2.45, 2.75) is 169 Å². The fourth-order valence-electron chi connectivity index (χ4n) is 6.39. The van der Waals surface area contributed by atoms with Gasteiger partial charge in [0.1, 0.15) is 17.6 Å². The summed E-state index contributed by atoms with van der Waals surface area (Å²) in [5.74, 6) is -2.49. The van der Waals surface area contributed by atoms with Gasteiger partial charge in [-0.15, -0.1) is 0 Å². The van der Waals surface area contributed by atoms with Crippen LogP contribution in [0, 0.1) is 11.3 Å². The quantitative estimate of drug-likeness (QED) is 0.149. The molecule has 4 bridgehead atoms. The number of carbonyl (C=O) groups excluding carboxylic acids is 4. The van der Waals surface area contributed by atoms with E-state index in [4.69, 9.17) is 23.1 Å². The molecule has 52 heavy (non-hydrogen) atoms. The summed E-state index contributed by atoms with van der Waals surface area (Å²) in [5, 5.41) is -0.0866. The summed E-state index contributed by atoms with van der Waals surface area (Å²) >= 11 is 0. The van der Waals surface area contributed by atoms with E-state index in [9.17, 15) is 19.2 Å². The Labute approximate surface area is 314 Å². The smallest absolute Gasteiger partial charge is 0.417 e. The topological polar surface area (TPSA) is 118 Å². The van der Waals surface area contributed by atoms with Gasteiger partial charge in [0.05, 0.1) is 18.2 Å². The lowest BCUT2D eigenvalue weighted by atomic mass is 9.67. The molecule has 3 heterocycles. The van der Waals surface area contributed by atoms with Gasteiger partial charge in [-0.25, -0.2) is 9.69 Å². The molecule has 4 rings (SSSR count). The number of rotatable bonds is 6. The number of amides is 2. The first-order valence-electron chi connectivity index (χ1n) is 18.6. The lowest BCUT2D eigenvalue weighted by molar-refractivity contribution is -0.214. The minimum absolute atomic E-state index is 0.0200. The molecule has 2 saturated heterocycles. The molecule has 0 unspecified atom stereocenters. The Balaban J connectivity index is 2.26. The molecule has 1 aliphatic carbocycles. The summed E-state index contributed by atoms with van der Waals surface area (Å²) < 4.78 is 31.3. The third kappa shape index (κ3) is 9.64. The molecule has 0 saturated carbocycles. The van der Waals surface area contributed by atoms with Crippen LogP contribution in [-0.2, 0) is 37.4 Å². The van der Waals surface area contributed by atoms with E-state index in [-0.39, 0.29) is 22.3 Å². The molecule has 0 radical (unpaired) electrons. The Morgan fingerprint density at radius 3 is 1.96 bits per heavy atom. The molecular weight excluding hydrogens is 695 g/mol. The van der Waals surface area contributed by atoms with E-state index in [0.717, 1.165) is 10.5 Å². The molecule has 2 amide bonds. The van der Waals surface area contributed by atoms with Crippen molar-refractivity contribution in [2.75, 3.05) is 0 Å². The van der Waals surface area contributed by atoms with Crippen molar-refractivity contribution in [3.63, 3.8) is 0 Å². The highest BCUT2D eigenvalue weighted by Crippen LogP contribution is 2.48. The molecule has 4 aliphatic rings. The number of carbonyl (C=O) groups is 4. The van der Waals surface area contributed by atoms with Crippen molar-refractivity contribution in [3.8, 4) is 0 Å². The van der Waals surface area contributed by atoms with Gasteiger partial charge in [0, 0.05) is 19.3 Å². The highest BCUT2D eigenvalue weighted by atomic mass is 28.4. The van der Waals surface area contributed by atoms with Crippen LogP contribution in [0.2, 0.25) is 36.3 Å². The van der Waals surface area contributed by atoms with Crippen molar-refractivity contribution in [1.29, 1.82) is 0 Å². The van der Waals surface area contributed by atoms with Gasteiger partial charge in [-0.3, -0.25) is 14.4 Å². The van der Waals surface area contributed by atoms with Gasteiger partial charge in [-0.2, -0.15) is 0 Å². The highest BCUT2D eigenvalue weighted by Gasteiger charge is 2.64. The van der Waals surface area contributed by atoms with Crippen molar-refractivity contribution in [2.24, 2.45) is 11.3 Å². The molecule has 3 aliphatic heterocycles. The number of esters is 2. The third-order valence-electron chi connectivity index (χ3n) is 11.8. The fraction of sp³-hybridized carbons (Fsp3) is 0.700. The zero-order valence-electron chi connectivity index (χ0n) is 34.5. The van der Waals surface area contributed by atoms with Crippen LogP contribution in [0.5, 0.6) is 0 Å². The predicted octanol–water partition coefficient (Wildman–Crippen LogP) is 8.80. The van der Waals surface area contributed by atoms with E-state index in [0.29, 0.717) is 18.4 Å². The number of imide groups is 1. The average Bonchev–Trinajstić information content (AvgIpc) is 2.99. The normalized spacial score (nSPS) is 33.3. The molecule has 0 N–H and O–H groups in total. The summed E-state index contributed by atoms with van der Waals surface area (Å²) in [5.41, 5.74) is 0.288. The largest absolute Gasteiger partial charge is 0.461 e. The van der Waals surface area contributed by atoms with Crippen molar-refractivity contribution < 1.29 is 42.2 Å². The number of hydrogen-bond donors (Lipinski definition) is 0. The van der Waals surface area contributed by atoms with E-state index >= 15 is 0 Å². The van der Waals surface area contributed by atoms with Gasteiger partial charge < -0.3 is 23.1 Å². The molecule has 292 valence electrons. The molecule has 0 aromatic heterocycles. The number of ether oxygens (including phenoxy) is 3. The van der Waals surface area contributed by atoms with Crippen LogP contribution in [0.1, 0.15) is 95.9 Å². The molecule has 12 heteroatoms. The molecule has 0 aromatic carbocycles. The Morgan fingerprint density at radius 2 is 1.42 bits per heavy atom. The number of hydrogen-bond acceptors (Lipinski definition) is 9. The first-order valence-corrected chi connectivity index (χ1v) is 24.4. The summed E-state index contributed by atoms with van der Waals surface area (Å²) in [7, 11) is -4.47. The van der Waals surface area contributed by atoms with Gasteiger partial charge in [-0.1, -0.05) is 96.1 Å². The zero-order chi connectivity index (χ0) is 39.8. The lowest BCUT2D eigenvalue weighted by Gasteiger charge is -2.54. The molecule has 0 aromatic rings. The SMILES string of the molecule is CC(=O)O[C@@H](C)C(=O)N1C(=O)O[C@H]2[C@H](C)[C@H]3C[C@@H](O[Si](C)(C)C(C)(C)C)/C=C/C(C)=C/C[C@@H](O[Si](C)(C)C(C)(C)C)/C=C/C(C)=C/[C@@H]1[C@]2(C)C(=O)O3. The molecular formula is C40H65NO9Si2. The van der Waals surface area contributed by atoms with Crippen molar-refractivity contribution in [3.05, 3.63) is 47.6 Å². The summed E-state index contributed by atoms with van der Waals surface area (Å²) in [6, 6.07) is -1.10. The number of allylic oxidation sites excluding steroid dienone is 4. The van der Waals surface area contributed by atoms with Crippen LogP contribution in [0.3, 0.4) is 0 Å². The van der Waals surface area contributed by atoms with Crippen LogP contribution in [-0.4, -0.2) is 82.0 Å². The highest BCUT2D eigenvalue weighted by molar-refractivity contribution is 6.74. The minimum atomic E-state index is -2.28. The first-order chi connectivity index (χ1) is 23.6. The van der Waals surface area contributed by atoms with Gasteiger partial charge >= 0.3 is 18.0 Å². The lowest BCUT2D eigenvalue weighted by Crippen LogP contribution is -2.70. The maximum Gasteiger partial charge on any atom is 0.417 e. The number of fused-ring (bicyclic) bond motifs is 8. The van der Waals surface area contributed by atoms with E-state index in [2.05, 4.69) is 92.9 Å². The molecule has 10 nitrogen and oxygen atoms in total. The summed E-state index contributed by atoms with van der Waals surface area (Å²) in [4.78, 5) is 54.8. The average molecular weight is 760 g/mol. The third-order valence-corrected chi connectivity index (χ3v) is 20.8. The van der Waals surface area contributed by atoms with Crippen LogP contribution in [0.4, 0.5) is 4.79 Å². The summed E-state index contributed by atoms with van der Waals surface area (Å²) in [6.07, 6.45) is 8.55. The van der Waals surface area contributed by atoms with Crippen LogP contribution < -0.4 is 0 Å². The van der Waals surface area contributed by atoms with Crippen LogP contribution in [0.15, 0.2) is 47.6 Å². The molecule has 2 fully saturated rings. The fourth-order valence-corrected chi connectivity index (χ4v) is 8.96. The van der Waals surface area contributed by atoms with Gasteiger partial charge in [0.25, 0.3) is 5.91 Å². The zero-order valence-corrected chi connectivity index (χ0v) is 36.5. The maximum atomic E-state index is 14.4. The van der Waals surface area contributed by atoms with E-state index < -0.39 is 76.3 Å². The summed E-state index contributed by atoms with van der Waals surface area (Å²) in [6.45, 7) is 32.1. The van der Waals surface area contributed by atoms with Crippen molar-refractivity contribution >= 4 is 40.6 Å². The van der Waals surface area contributed by atoms with E-state index in [1.165, 1.54) is 13.8 Å². The Morgan fingerprint density at radius 1 is 0.904 bits per heavy atom. The van der Waals surface area contributed by atoms with Crippen molar-refractivity contribution in [1.82, 2.24) is 4.90 Å². The van der Waals surface area contributed by atoms with Crippen LogP contribution in [0.25, 0.3) is 0 Å². The predicted molar refractivity (Wildman–Crippen MR) is 208 cm³/mol. The van der Waals surface area contributed by atoms with E-state index in [1.807, 2.05) is 26.0 Å². The van der Waals surface area contributed by atoms with E-state index in [1.54, 1.807) is 13.0 Å². The van der Waals surface area contributed by atoms with Gasteiger partial charge in [-0.05, 0) is 70.4 Å². The van der Waals surface area contributed by atoms with Gasteiger partial charge in [0.2, 0.25) is 0 Å². The minimum Gasteiger partial charge on any atom is -0.461 e. The Kier molecular flexibility index (Phi) is 13.3. The Bertz CT molecular complexity index is 1500. The second kappa shape index (κ2) is 15.9. The Hall–Kier alpha value is -2.81.